The Kier molecular flexibility index (Phi) is 4.01. The molecule has 21 heavy (non-hydrogen) atoms. The smallest absolute Gasteiger partial charge is 0.222 e. The fourth-order valence-corrected chi connectivity index (χ4v) is 2.49. The van der Waals surface area contributed by atoms with Crippen LogP contribution in [-0.2, 0) is 0 Å². The Morgan fingerprint density at radius 2 is 2.19 bits per heavy atom. The summed E-state index contributed by atoms with van der Waals surface area (Å²) in [6.07, 6.45) is 4.34. The summed E-state index contributed by atoms with van der Waals surface area (Å²) in [6, 6.07) is 7.71. The molecule has 5 heteroatoms. The highest BCUT2D eigenvalue weighted by molar-refractivity contribution is 9.10. The summed E-state index contributed by atoms with van der Waals surface area (Å²) in [7, 11) is 0. The highest BCUT2D eigenvalue weighted by atomic mass is 79.9. The zero-order chi connectivity index (χ0) is 14.8. The number of anilines is 2. The number of nitrogens with two attached hydrogens (primary N) is 1. The van der Waals surface area contributed by atoms with E-state index < -0.39 is 0 Å². The van der Waals surface area contributed by atoms with E-state index >= 15 is 0 Å². The molecule has 2 aromatic rings. The maximum atomic E-state index is 6.17. The molecule has 110 valence electrons. The van der Waals surface area contributed by atoms with Gasteiger partial charge in [-0.25, -0.2) is 4.98 Å². The van der Waals surface area contributed by atoms with Gasteiger partial charge < -0.3 is 15.8 Å². The van der Waals surface area contributed by atoms with E-state index in [0.717, 1.165) is 28.2 Å². The normalized spacial score (nSPS) is 14.0. The van der Waals surface area contributed by atoms with Crippen molar-refractivity contribution in [3.63, 3.8) is 0 Å². The molecular weight excluding hydrogens is 330 g/mol. The molecular formula is C16H18BrN3O. The average molecular weight is 348 g/mol. The molecule has 1 aliphatic carbocycles. The van der Waals surface area contributed by atoms with Crippen LogP contribution in [-0.4, -0.2) is 11.5 Å². The van der Waals surface area contributed by atoms with Crippen molar-refractivity contribution in [3.8, 4) is 11.6 Å². The fraction of sp³-hybridized carbons (Fsp3) is 0.312. The van der Waals surface area contributed by atoms with Crippen LogP contribution in [0.25, 0.3) is 0 Å². The molecule has 3 N–H and O–H groups in total. The largest absolute Gasteiger partial charge is 0.437 e. The summed E-state index contributed by atoms with van der Waals surface area (Å²) in [6.45, 7) is 2.95. The fourth-order valence-electron chi connectivity index (χ4n) is 2.06. The standard InChI is InChI=1S/C16H18BrN3O/c1-10-3-2-8-19-16(10)21-13-7-6-12(15(18)14(13)17)20-9-11-4-5-11/h2-3,6-8,11,20H,4-5,9,18H2,1H3. The van der Waals surface area contributed by atoms with Gasteiger partial charge in [-0.05, 0) is 59.8 Å². The lowest BCUT2D eigenvalue weighted by Crippen LogP contribution is -2.06. The van der Waals surface area contributed by atoms with Gasteiger partial charge in [0.1, 0.15) is 5.75 Å². The summed E-state index contributed by atoms with van der Waals surface area (Å²) >= 11 is 3.52. The van der Waals surface area contributed by atoms with E-state index in [1.165, 1.54) is 12.8 Å². The third kappa shape index (κ3) is 3.29. The quantitative estimate of drug-likeness (QED) is 0.789. The molecule has 1 fully saturated rings. The van der Waals surface area contributed by atoms with Crippen LogP contribution >= 0.6 is 15.9 Å². The van der Waals surface area contributed by atoms with Crippen LogP contribution in [0.15, 0.2) is 34.9 Å². The van der Waals surface area contributed by atoms with Crippen molar-refractivity contribution in [3.05, 3.63) is 40.5 Å². The predicted molar refractivity (Wildman–Crippen MR) is 88.8 cm³/mol. The molecule has 1 aromatic heterocycles. The Morgan fingerprint density at radius 3 is 2.90 bits per heavy atom. The Labute approximate surface area is 132 Å². The number of benzene rings is 1. The van der Waals surface area contributed by atoms with E-state index in [1.54, 1.807) is 6.20 Å². The Morgan fingerprint density at radius 1 is 1.38 bits per heavy atom. The van der Waals surface area contributed by atoms with Crippen LogP contribution in [0.5, 0.6) is 11.6 Å². The lowest BCUT2D eigenvalue weighted by atomic mass is 10.2. The monoisotopic (exact) mass is 347 g/mol. The average Bonchev–Trinajstić information content (AvgIpc) is 3.29. The summed E-state index contributed by atoms with van der Waals surface area (Å²) in [5, 5.41) is 3.39. The molecule has 1 aromatic carbocycles. The van der Waals surface area contributed by atoms with Crippen molar-refractivity contribution in [2.45, 2.75) is 19.8 Å². The number of halogens is 1. The molecule has 1 aliphatic rings. The number of hydrogen-bond donors (Lipinski definition) is 2. The number of hydrogen-bond acceptors (Lipinski definition) is 4. The molecule has 1 saturated carbocycles. The van der Waals surface area contributed by atoms with Gasteiger partial charge in [-0.15, -0.1) is 0 Å². The summed E-state index contributed by atoms with van der Waals surface area (Å²) in [5.74, 6) is 2.07. The molecule has 4 nitrogen and oxygen atoms in total. The number of nitrogen functional groups attached to an aromatic ring is 1. The van der Waals surface area contributed by atoms with E-state index in [2.05, 4.69) is 26.2 Å². The van der Waals surface area contributed by atoms with Crippen molar-refractivity contribution < 1.29 is 4.74 Å². The Balaban J connectivity index is 1.79. The van der Waals surface area contributed by atoms with Crippen molar-refractivity contribution >= 4 is 27.3 Å². The van der Waals surface area contributed by atoms with Gasteiger partial charge in [0.2, 0.25) is 5.88 Å². The molecule has 0 atom stereocenters. The van der Waals surface area contributed by atoms with E-state index in [-0.39, 0.29) is 0 Å². The van der Waals surface area contributed by atoms with Crippen LogP contribution in [0.3, 0.4) is 0 Å². The van der Waals surface area contributed by atoms with Crippen molar-refractivity contribution in [2.24, 2.45) is 5.92 Å². The summed E-state index contributed by atoms with van der Waals surface area (Å²) in [4.78, 5) is 4.24. The van der Waals surface area contributed by atoms with Crippen molar-refractivity contribution in [2.75, 3.05) is 17.6 Å². The third-order valence-corrected chi connectivity index (χ3v) is 4.41. The summed E-state index contributed by atoms with van der Waals surface area (Å²) in [5.41, 5.74) is 8.77. The van der Waals surface area contributed by atoms with E-state index in [4.69, 9.17) is 10.5 Å². The molecule has 0 amide bonds. The first-order valence-electron chi connectivity index (χ1n) is 7.06. The van der Waals surface area contributed by atoms with Crippen LogP contribution in [0.4, 0.5) is 11.4 Å². The number of aromatic nitrogens is 1. The van der Waals surface area contributed by atoms with Gasteiger partial charge >= 0.3 is 0 Å². The van der Waals surface area contributed by atoms with Gasteiger partial charge in [-0.3, -0.25) is 0 Å². The first-order valence-corrected chi connectivity index (χ1v) is 7.86. The zero-order valence-corrected chi connectivity index (χ0v) is 13.5. The minimum absolute atomic E-state index is 0.594. The number of ether oxygens (including phenoxy) is 1. The highest BCUT2D eigenvalue weighted by Crippen LogP contribution is 2.39. The molecule has 0 saturated heterocycles. The number of rotatable bonds is 5. The second-order valence-electron chi connectivity index (χ2n) is 5.39. The van der Waals surface area contributed by atoms with Gasteiger partial charge in [0.15, 0.2) is 0 Å². The minimum Gasteiger partial charge on any atom is -0.437 e. The maximum Gasteiger partial charge on any atom is 0.222 e. The van der Waals surface area contributed by atoms with E-state index in [9.17, 15) is 0 Å². The van der Waals surface area contributed by atoms with Gasteiger partial charge in [0.05, 0.1) is 15.8 Å². The third-order valence-electron chi connectivity index (χ3n) is 3.59. The van der Waals surface area contributed by atoms with Gasteiger partial charge in [0.25, 0.3) is 0 Å². The first kappa shape index (κ1) is 14.2. The molecule has 0 bridgehead atoms. The SMILES string of the molecule is Cc1cccnc1Oc1ccc(NCC2CC2)c(N)c1Br. The molecule has 0 spiro atoms. The van der Waals surface area contributed by atoms with Gasteiger partial charge in [-0.2, -0.15) is 0 Å². The topological polar surface area (TPSA) is 60.2 Å². The van der Waals surface area contributed by atoms with Crippen molar-refractivity contribution in [1.82, 2.24) is 4.98 Å². The Bertz CT molecular complexity index is 656. The predicted octanol–water partition coefficient (Wildman–Crippen LogP) is 4.35. The number of pyridine rings is 1. The molecule has 0 radical (unpaired) electrons. The van der Waals surface area contributed by atoms with Gasteiger partial charge in [-0.1, -0.05) is 6.07 Å². The first-order chi connectivity index (χ1) is 10.1. The maximum absolute atomic E-state index is 6.17. The van der Waals surface area contributed by atoms with Crippen LogP contribution < -0.4 is 15.8 Å². The molecule has 0 unspecified atom stereocenters. The lowest BCUT2D eigenvalue weighted by molar-refractivity contribution is 0.456. The van der Waals surface area contributed by atoms with E-state index in [0.29, 0.717) is 17.3 Å². The Hall–Kier alpha value is -1.75. The number of nitrogens with one attached hydrogen (secondary N) is 1. The second kappa shape index (κ2) is 5.93. The molecule has 0 aliphatic heterocycles. The minimum atomic E-state index is 0.594. The van der Waals surface area contributed by atoms with Gasteiger partial charge in [0, 0.05) is 18.3 Å². The highest BCUT2D eigenvalue weighted by Gasteiger charge is 2.21. The number of nitrogens with zero attached hydrogens (tertiary/aromatic N) is 1. The van der Waals surface area contributed by atoms with Crippen molar-refractivity contribution in [1.29, 1.82) is 0 Å². The molecule has 3 rings (SSSR count). The summed E-state index contributed by atoms with van der Waals surface area (Å²) < 4.78 is 6.61. The second-order valence-corrected chi connectivity index (χ2v) is 6.18. The zero-order valence-electron chi connectivity index (χ0n) is 11.9. The molecule has 1 heterocycles. The number of aryl methyl sites for hydroxylation is 1. The van der Waals surface area contributed by atoms with E-state index in [1.807, 2.05) is 31.2 Å². The van der Waals surface area contributed by atoms with Crippen LogP contribution in [0, 0.1) is 12.8 Å². The lowest BCUT2D eigenvalue weighted by Gasteiger charge is -2.14. The van der Waals surface area contributed by atoms with Crippen LogP contribution in [0.1, 0.15) is 18.4 Å². The van der Waals surface area contributed by atoms with Crippen LogP contribution in [0.2, 0.25) is 0 Å².